The lowest BCUT2D eigenvalue weighted by Gasteiger charge is -2.14. The number of amides is 1. The van der Waals surface area contributed by atoms with Gasteiger partial charge in [-0.25, -0.2) is 9.59 Å². The number of hydrogen-bond acceptors (Lipinski definition) is 3. The van der Waals surface area contributed by atoms with Gasteiger partial charge in [0.05, 0.1) is 28.1 Å². The molecule has 2 aromatic carbocycles. The molecule has 27 heavy (non-hydrogen) atoms. The first-order chi connectivity index (χ1) is 12.9. The fourth-order valence-corrected chi connectivity index (χ4v) is 3.35. The summed E-state index contributed by atoms with van der Waals surface area (Å²) in [7, 11) is 1.69. The van der Waals surface area contributed by atoms with Crippen molar-refractivity contribution in [3.05, 3.63) is 69.0 Å². The topological polar surface area (TPSA) is 105 Å². The summed E-state index contributed by atoms with van der Waals surface area (Å²) in [6.45, 7) is 1.80. The summed E-state index contributed by atoms with van der Waals surface area (Å²) in [4.78, 5) is 41.7. The van der Waals surface area contributed by atoms with Crippen LogP contribution in [0.3, 0.4) is 0 Å². The number of para-hydroxylation sites is 2. The quantitative estimate of drug-likeness (QED) is 0.509. The van der Waals surface area contributed by atoms with E-state index in [-0.39, 0.29) is 29.9 Å². The zero-order chi connectivity index (χ0) is 19.1. The van der Waals surface area contributed by atoms with Crippen LogP contribution in [0.2, 0.25) is 0 Å². The normalized spacial score (nSPS) is 12.5. The lowest BCUT2D eigenvalue weighted by atomic mass is 10.1. The Labute approximate surface area is 153 Å². The first kappa shape index (κ1) is 16.9. The average molecular weight is 365 g/mol. The van der Waals surface area contributed by atoms with E-state index in [1.807, 2.05) is 43.3 Å². The van der Waals surface area contributed by atoms with E-state index < -0.39 is 0 Å². The first-order valence-corrected chi connectivity index (χ1v) is 8.59. The number of carbonyl (C=O) groups excluding carboxylic acids is 1. The van der Waals surface area contributed by atoms with E-state index in [4.69, 9.17) is 0 Å². The number of aromatic nitrogens is 4. The summed E-state index contributed by atoms with van der Waals surface area (Å²) < 4.78 is 2.99. The molecule has 8 heteroatoms. The van der Waals surface area contributed by atoms with Gasteiger partial charge < -0.3 is 15.3 Å². The van der Waals surface area contributed by atoms with E-state index in [1.165, 1.54) is 9.13 Å². The van der Waals surface area contributed by atoms with Gasteiger partial charge in [-0.2, -0.15) is 0 Å². The van der Waals surface area contributed by atoms with Crippen molar-refractivity contribution in [2.75, 3.05) is 0 Å². The number of nitrogens with zero attached hydrogens (tertiary/aromatic N) is 2. The number of fused-ring (bicyclic) bond motifs is 2. The molecule has 8 nitrogen and oxygen atoms in total. The summed E-state index contributed by atoms with van der Waals surface area (Å²) >= 11 is 0. The van der Waals surface area contributed by atoms with Gasteiger partial charge in [-0.15, -0.1) is 0 Å². The number of H-pyrrole nitrogens is 2. The molecule has 0 aliphatic heterocycles. The molecular weight excluding hydrogens is 346 g/mol. The second-order valence-corrected chi connectivity index (χ2v) is 6.59. The Morgan fingerprint density at radius 3 is 2.56 bits per heavy atom. The third kappa shape index (κ3) is 2.95. The van der Waals surface area contributed by atoms with Crippen LogP contribution in [0.15, 0.2) is 52.1 Å². The highest BCUT2D eigenvalue weighted by atomic mass is 16.2. The van der Waals surface area contributed by atoms with Crippen molar-refractivity contribution < 1.29 is 4.79 Å². The van der Waals surface area contributed by atoms with Crippen molar-refractivity contribution in [2.24, 2.45) is 7.05 Å². The summed E-state index contributed by atoms with van der Waals surface area (Å²) in [6.07, 6.45) is 0. The number of carbonyl (C=O) groups is 1. The van der Waals surface area contributed by atoms with E-state index in [0.29, 0.717) is 11.0 Å². The molecule has 0 saturated heterocycles. The molecule has 3 N–H and O–H groups in total. The number of imidazole rings is 2. The Bertz CT molecular complexity index is 1270. The first-order valence-electron chi connectivity index (χ1n) is 8.59. The Morgan fingerprint density at radius 1 is 1.07 bits per heavy atom. The van der Waals surface area contributed by atoms with Gasteiger partial charge in [-0.1, -0.05) is 18.2 Å². The maximum absolute atomic E-state index is 12.5. The van der Waals surface area contributed by atoms with Gasteiger partial charge in [-0.3, -0.25) is 13.9 Å². The molecule has 1 atom stereocenters. The Hall–Kier alpha value is -3.55. The van der Waals surface area contributed by atoms with Crippen LogP contribution in [0, 0.1) is 0 Å². The smallest absolute Gasteiger partial charge is 0.329 e. The van der Waals surface area contributed by atoms with Crippen LogP contribution in [0.25, 0.3) is 22.1 Å². The summed E-state index contributed by atoms with van der Waals surface area (Å²) in [6, 6.07) is 12.6. The van der Waals surface area contributed by atoms with E-state index in [0.717, 1.165) is 16.6 Å². The number of hydrogen-bond donors (Lipinski definition) is 3. The Morgan fingerprint density at radius 2 is 1.78 bits per heavy atom. The van der Waals surface area contributed by atoms with E-state index in [2.05, 4.69) is 15.3 Å². The maximum atomic E-state index is 12.5. The molecule has 1 unspecified atom stereocenters. The number of aromatic amines is 2. The maximum Gasteiger partial charge on any atom is 0.329 e. The van der Waals surface area contributed by atoms with Gasteiger partial charge >= 0.3 is 11.4 Å². The van der Waals surface area contributed by atoms with Crippen LogP contribution in [-0.4, -0.2) is 25.0 Å². The fraction of sp³-hybridized carbons (Fsp3) is 0.211. The predicted molar refractivity (Wildman–Crippen MR) is 103 cm³/mol. The molecule has 2 aromatic heterocycles. The summed E-state index contributed by atoms with van der Waals surface area (Å²) in [5, 5.41) is 2.91. The van der Waals surface area contributed by atoms with Crippen molar-refractivity contribution in [3.63, 3.8) is 0 Å². The van der Waals surface area contributed by atoms with Gasteiger partial charge in [0, 0.05) is 7.05 Å². The summed E-state index contributed by atoms with van der Waals surface area (Å²) in [5.41, 5.74) is 3.26. The molecule has 0 saturated carbocycles. The molecule has 4 aromatic rings. The molecule has 0 aliphatic carbocycles. The monoisotopic (exact) mass is 365 g/mol. The number of rotatable bonds is 4. The zero-order valence-electron chi connectivity index (χ0n) is 14.9. The van der Waals surface area contributed by atoms with E-state index >= 15 is 0 Å². The average Bonchev–Trinajstić information content (AvgIpc) is 3.13. The van der Waals surface area contributed by atoms with Crippen LogP contribution in [0.5, 0.6) is 0 Å². The number of aryl methyl sites for hydroxylation is 1. The molecule has 0 radical (unpaired) electrons. The highest BCUT2D eigenvalue weighted by Gasteiger charge is 2.15. The molecular formula is C19H19N5O3. The van der Waals surface area contributed by atoms with Crippen LogP contribution >= 0.6 is 0 Å². The van der Waals surface area contributed by atoms with E-state index in [9.17, 15) is 14.4 Å². The number of nitrogens with one attached hydrogen (secondary N) is 3. The molecule has 138 valence electrons. The van der Waals surface area contributed by atoms with Crippen molar-refractivity contribution in [2.45, 2.75) is 19.5 Å². The predicted octanol–water partition coefficient (Wildman–Crippen LogP) is 1.39. The molecule has 0 spiro atoms. The largest absolute Gasteiger partial charge is 0.348 e. The van der Waals surface area contributed by atoms with Crippen molar-refractivity contribution in [3.8, 4) is 0 Å². The fourth-order valence-electron chi connectivity index (χ4n) is 3.35. The SMILES string of the molecule is CC(NC(=O)Cn1c(=O)n(C)c2ccccc21)c1ccc2[nH]c(=O)[nH]c2c1. The van der Waals surface area contributed by atoms with Gasteiger partial charge in [-0.05, 0) is 36.8 Å². The van der Waals surface area contributed by atoms with Crippen molar-refractivity contribution in [1.82, 2.24) is 24.4 Å². The highest BCUT2D eigenvalue weighted by molar-refractivity contribution is 5.81. The Kier molecular flexibility index (Phi) is 3.95. The molecule has 0 bridgehead atoms. The van der Waals surface area contributed by atoms with Crippen LogP contribution < -0.4 is 16.7 Å². The van der Waals surface area contributed by atoms with Crippen molar-refractivity contribution >= 4 is 28.0 Å². The van der Waals surface area contributed by atoms with Crippen LogP contribution in [0.1, 0.15) is 18.5 Å². The van der Waals surface area contributed by atoms with Crippen LogP contribution in [0.4, 0.5) is 0 Å². The lowest BCUT2D eigenvalue weighted by molar-refractivity contribution is -0.122. The lowest BCUT2D eigenvalue weighted by Crippen LogP contribution is -2.34. The van der Waals surface area contributed by atoms with Crippen molar-refractivity contribution in [1.29, 1.82) is 0 Å². The standard InChI is InChI=1S/C19H19N5O3/c1-11(12-7-8-13-14(9-12)22-18(26)21-13)20-17(25)10-24-16-6-4-3-5-15(16)23(2)19(24)27/h3-9,11H,10H2,1-2H3,(H,20,25)(H2,21,22,26). The third-order valence-corrected chi connectivity index (χ3v) is 4.77. The molecule has 2 heterocycles. The summed E-state index contributed by atoms with van der Waals surface area (Å²) in [5.74, 6) is -0.261. The minimum absolute atomic E-state index is 0.0617. The van der Waals surface area contributed by atoms with E-state index in [1.54, 1.807) is 13.1 Å². The molecule has 4 rings (SSSR count). The third-order valence-electron chi connectivity index (χ3n) is 4.77. The molecule has 1 amide bonds. The van der Waals surface area contributed by atoms with Gasteiger partial charge in [0.25, 0.3) is 0 Å². The molecule has 0 fully saturated rings. The minimum atomic E-state index is -0.272. The Balaban J connectivity index is 1.56. The number of benzene rings is 2. The van der Waals surface area contributed by atoms with Crippen LogP contribution in [-0.2, 0) is 18.4 Å². The minimum Gasteiger partial charge on any atom is -0.348 e. The highest BCUT2D eigenvalue weighted by Crippen LogP contribution is 2.17. The second-order valence-electron chi connectivity index (χ2n) is 6.59. The van der Waals surface area contributed by atoms with Gasteiger partial charge in [0.2, 0.25) is 5.91 Å². The molecule has 0 aliphatic rings. The van der Waals surface area contributed by atoms with Gasteiger partial charge in [0.15, 0.2) is 0 Å². The second kappa shape index (κ2) is 6.31. The van der Waals surface area contributed by atoms with Gasteiger partial charge in [0.1, 0.15) is 6.54 Å². The zero-order valence-corrected chi connectivity index (χ0v) is 14.9.